The van der Waals surface area contributed by atoms with E-state index in [-0.39, 0.29) is 0 Å². The van der Waals surface area contributed by atoms with E-state index in [1.165, 1.54) is 0 Å². The summed E-state index contributed by atoms with van der Waals surface area (Å²) in [6.07, 6.45) is 0. The fraction of sp³-hybridized carbons (Fsp3) is 0.462. The maximum atomic E-state index is 5.64. The molecule has 0 amide bonds. The van der Waals surface area contributed by atoms with E-state index in [4.69, 9.17) is 4.74 Å². The molecule has 0 saturated heterocycles. The first-order valence-electron chi connectivity index (χ1n) is 5.72. The Morgan fingerprint density at radius 3 is 2.31 bits per heavy atom. The van der Waals surface area contributed by atoms with Crippen LogP contribution in [0.1, 0.15) is 13.8 Å². The van der Waals surface area contributed by atoms with Crippen LogP contribution < -0.4 is 4.74 Å². The van der Waals surface area contributed by atoms with Crippen LogP contribution in [-0.2, 0) is 0 Å². The summed E-state index contributed by atoms with van der Waals surface area (Å²) in [6, 6.07) is 7.65. The van der Waals surface area contributed by atoms with E-state index in [1.807, 2.05) is 24.3 Å². The van der Waals surface area contributed by atoms with Crippen LogP contribution in [0.25, 0.3) is 0 Å². The molecule has 3 heteroatoms. The zero-order valence-corrected chi connectivity index (χ0v) is 10.1. The van der Waals surface area contributed by atoms with Crippen LogP contribution in [-0.4, -0.2) is 37.9 Å². The highest BCUT2D eigenvalue weighted by molar-refractivity contribution is 5.47. The lowest BCUT2D eigenvalue weighted by Gasteiger charge is -2.17. The number of rotatable bonds is 7. The average Bonchev–Trinajstić information content (AvgIpc) is 2.35. The Kier molecular flexibility index (Phi) is 5.57. The predicted molar refractivity (Wildman–Crippen MR) is 68.9 cm³/mol. The molecule has 0 aliphatic rings. The molecule has 0 fully saturated rings. The third-order valence-electron chi connectivity index (χ3n) is 2.59. The highest BCUT2D eigenvalue weighted by Gasteiger charge is 1.99. The molecule has 0 atom stereocenters. The van der Waals surface area contributed by atoms with Crippen molar-refractivity contribution in [2.45, 2.75) is 13.8 Å². The summed E-state index contributed by atoms with van der Waals surface area (Å²) in [5.41, 5.74) is 0.871. The second kappa shape index (κ2) is 7.01. The van der Waals surface area contributed by atoms with Crippen molar-refractivity contribution < 1.29 is 4.74 Å². The van der Waals surface area contributed by atoms with Gasteiger partial charge in [0.1, 0.15) is 12.4 Å². The molecule has 1 rings (SSSR count). The molecule has 0 aromatic heterocycles. The van der Waals surface area contributed by atoms with Crippen molar-refractivity contribution in [2.24, 2.45) is 4.99 Å². The lowest BCUT2D eigenvalue weighted by Crippen LogP contribution is -2.27. The fourth-order valence-corrected chi connectivity index (χ4v) is 1.48. The van der Waals surface area contributed by atoms with Gasteiger partial charge in [0.15, 0.2) is 0 Å². The highest BCUT2D eigenvalue weighted by atomic mass is 16.5. The number of hydrogen-bond donors (Lipinski definition) is 0. The monoisotopic (exact) mass is 220 g/mol. The summed E-state index contributed by atoms with van der Waals surface area (Å²) < 4.78 is 5.64. The maximum absolute atomic E-state index is 5.64. The zero-order chi connectivity index (χ0) is 11.8. The minimum atomic E-state index is 0.725. The molecular weight excluding hydrogens is 200 g/mol. The van der Waals surface area contributed by atoms with E-state index in [0.29, 0.717) is 0 Å². The molecule has 16 heavy (non-hydrogen) atoms. The maximum Gasteiger partial charge on any atom is 0.119 e. The first kappa shape index (κ1) is 12.7. The lowest BCUT2D eigenvalue weighted by atomic mass is 10.3. The van der Waals surface area contributed by atoms with Crippen molar-refractivity contribution >= 4 is 12.4 Å². The van der Waals surface area contributed by atoms with E-state index in [9.17, 15) is 0 Å². The molecule has 0 unspecified atom stereocenters. The van der Waals surface area contributed by atoms with Gasteiger partial charge in [-0.1, -0.05) is 13.8 Å². The minimum absolute atomic E-state index is 0.725. The van der Waals surface area contributed by atoms with Crippen molar-refractivity contribution in [3.63, 3.8) is 0 Å². The van der Waals surface area contributed by atoms with Crippen LogP contribution in [0.3, 0.4) is 0 Å². The van der Waals surface area contributed by atoms with Crippen LogP contribution in [0.5, 0.6) is 5.75 Å². The standard InChI is InChI=1S/C13H20N2O/c1-4-15(5-2)10-11-16-13-8-6-12(14-3)7-9-13/h6-9H,3-5,10-11H2,1-2H3. The molecule has 0 aliphatic carbocycles. The van der Waals surface area contributed by atoms with Gasteiger partial charge in [-0.25, -0.2) is 0 Å². The molecule has 0 heterocycles. The normalized spacial score (nSPS) is 10.4. The van der Waals surface area contributed by atoms with Gasteiger partial charge < -0.3 is 9.64 Å². The van der Waals surface area contributed by atoms with Gasteiger partial charge in [-0.15, -0.1) is 0 Å². The summed E-state index contributed by atoms with van der Waals surface area (Å²) >= 11 is 0. The number of hydrogen-bond acceptors (Lipinski definition) is 3. The second-order valence-corrected chi connectivity index (χ2v) is 3.53. The molecule has 1 aromatic rings. The van der Waals surface area contributed by atoms with Crippen molar-refractivity contribution in [2.75, 3.05) is 26.2 Å². The minimum Gasteiger partial charge on any atom is -0.492 e. The Bertz CT molecular complexity index is 304. The largest absolute Gasteiger partial charge is 0.492 e. The van der Waals surface area contributed by atoms with Crippen molar-refractivity contribution in [3.05, 3.63) is 24.3 Å². The van der Waals surface area contributed by atoms with Gasteiger partial charge in [-0.05, 0) is 44.1 Å². The van der Waals surface area contributed by atoms with Gasteiger partial charge in [0.25, 0.3) is 0 Å². The van der Waals surface area contributed by atoms with Gasteiger partial charge in [-0.2, -0.15) is 0 Å². The van der Waals surface area contributed by atoms with Crippen molar-refractivity contribution in [1.82, 2.24) is 4.90 Å². The molecule has 88 valence electrons. The Labute approximate surface area is 97.8 Å². The Balaban J connectivity index is 2.34. The van der Waals surface area contributed by atoms with Gasteiger partial charge in [0.05, 0.1) is 5.69 Å². The molecule has 0 radical (unpaired) electrons. The fourth-order valence-electron chi connectivity index (χ4n) is 1.48. The lowest BCUT2D eigenvalue weighted by molar-refractivity contribution is 0.223. The quantitative estimate of drug-likeness (QED) is 0.660. The van der Waals surface area contributed by atoms with Crippen LogP contribution in [0.4, 0.5) is 5.69 Å². The van der Waals surface area contributed by atoms with Crippen LogP contribution in [0, 0.1) is 0 Å². The molecule has 0 aliphatic heterocycles. The number of likely N-dealkylation sites (N-methyl/N-ethyl adjacent to an activating group) is 1. The second-order valence-electron chi connectivity index (χ2n) is 3.53. The SMILES string of the molecule is C=Nc1ccc(OCCN(CC)CC)cc1. The topological polar surface area (TPSA) is 24.8 Å². The molecular formula is C13H20N2O. The molecule has 0 saturated carbocycles. The summed E-state index contributed by atoms with van der Waals surface area (Å²) in [7, 11) is 0. The van der Waals surface area contributed by atoms with E-state index < -0.39 is 0 Å². The summed E-state index contributed by atoms with van der Waals surface area (Å²) in [5.74, 6) is 0.888. The predicted octanol–water partition coefficient (Wildman–Crippen LogP) is 2.74. The summed E-state index contributed by atoms with van der Waals surface area (Å²) in [4.78, 5) is 6.17. The smallest absolute Gasteiger partial charge is 0.119 e. The molecule has 1 aromatic carbocycles. The van der Waals surface area contributed by atoms with Crippen molar-refractivity contribution in [3.8, 4) is 5.75 Å². The van der Waals surface area contributed by atoms with Gasteiger partial charge in [0, 0.05) is 6.54 Å². The number of benzene rings is 1. The molecule has 3 nitrogen and oxygen atoms in total. The Morgan fingerprint density at radius 2 is 1.81 bits per heavy atom. The number of nitrogens with zero attached hydrogens (tertiary/aromatic N) is 2. The zero-order valence-electron chi connectivity index (χ0n) is 10.1. The van der Waals surface area contributed by atoms with E-state index in [2.05, 4.69) is 30.5 Å². The Hall–Kier alpha value is -1.35. The van der Waals surface area contributed by atoms with E-state index in [0.717, 1.165) is 37.7 Å². The molecule has 0 bridgehead atoms. The van der Waals surface area contributed by atoms with Crippen LogP contribution in [0.2, 0.25) is 0 Å². The summed E-state index contributed by atoms with van der Waals surface area (Å²) in [6.45, 7) is 11.6. The number of ether oxygens (including phenoxy) is 1. The van der Waals surface area contributed by atoms with Gasteiger partial charge in [0.2, 0.25) is 0 Å². The van der Waals surface area contributed by atoms with Crippen LogP contribution in [0.15, 0.2) is 29.3 Å². The van der Waals surface area contributed by atoms with E-state index in [1.54, 1.807) is 0 Å². The summed E-state index contributed by atoms with van der Waals surface area (Å²) in [5, 5.41) is 0. The third kappa shape index (κ3) is 4.03. The van der Waals surface area contributed by atoms with Crippen LogP contribution >= 0.6 is 0 Å². The average molecular weight is 220 g/mol. The van der Waals surface area contributed by atoms with Gasteiger partial charge >= 0.3 is 0 Å². The highest BCUT2D eigenvalue weighted by Crippen LogP contribution is 2.17. The molecule has 0 spiro atoms. The first-order valence-corrected chi connectivity index (χ1v) is 5.72. The van der Waals surface area contributed by atoms with Crippen molar-refractivity contribution in [1.29, 1.82) is 0 Å². The third-order valence-corrected chi connectivity index (χ3v) is 2.59. The van der Waals surface area contributed by atoms with E-state index >= 15 is 0 Å². The first-order chi connectivity index (χ1) is 7.80. The molecule has 0 N–H and O–H groups in total. The Morgan fingerprint density at radius 1 is 1.19 bits per heavy atom. The number of aliphatic imine (C=N–C) groups is 1. The van der Waals surface area contributed by atoms with Gasteiger partial charge in [-0.3, -0.25) is 4.99 Å².